The quantitative estimate of drug-likeness (QED) is 0.359. The van der Waals surface area contributed by atoms with Gasteiger partial charge >= 0.3 is 5.97 Å². The zero-order valence-corrected chi connectivity index (χ0v) is 24.2. The maximum Gasteiger partial charge on any atom is 0.348 e. The van der Waals surface area contributed by atoms with E-state index >= 15 is 0 Å². The molecule has 0 bridgehead atoms. The second-order valence-corrected chi connectivity index (χ2v) is 13.4. The Labute approximate surface area is 232 Å². The van der Waals surface area contributed by atoms with Crippen LogP contribution in [0.15, 0.2) is 6.07 Å². The second kappa shape index (κ2) is 13.0. The number of anilines is 1. The van der Waals surface area contributed by atoms with Crippen molar-refractivity contribution in [2.75, 3.05) is 11.5 Å². The average molecular weight is 544 g/mol. The van der Waals surface area contributed by atoms with E-state index in [1.54, 1.807) is 0 Å². The van der Waals surface area contributed by atoms with Crippen LogP contribution in [0.4, 0.5) is 5.69 Å². The number of rotatable bonds is 8. The first-order valence-corrected chi connectivity index (χ1v) is 15.5. The van der Waals surface area contributed by atoms with Crippen LogP contribution in [-0.2, 0) is 9.53 Å². The first-order chi connectivity index (χ1) is 18.2. The summed E-state index contributed by atoms with van der Waals surface area (Å²) in [6.45, 7) is 6.23. The van der Waals surface area contributed by atoms with Crippen LogP contribution < -0.4 is 4.90 Å². The second-order valence-electron chi connectivity index (χ2n) is 12.4. The number of carboxylic acids is 1. The molecule has 3 aliphatic rings. The number of aromatic carboxylic acids is 1. The van der Waals surface area contributed by atoms with Crippen LogP contribution in [0.5, 0.6) is 0 Å². The normalized spacial score (nSPS) is 26.5. The molecule has 6 nitrogen and oxygen atoms in total. The summed E-state index contributed by atoms with van der Waals surface area (Å²) >= 11 is 1.15. The summed E-state index contributed by atoms with van der Waals surface area (Å²) in [7, 11) is 0. The molecule has 0 unspecified atom stereocenters. The summed E-state index contributed by atoms with van der Waals surface area (Å²) in [6.07, 6.45) is 13.2. The lowest BCUT2D eigenvalue weighted by Crippen LogP contribution is -2.47. The molecule has 210 valence electrons. The minimum atomic E-state index is -1.01. The first-order valence-electron chi connectivity index (χ1n) is 14.7. The Balaban J connectivity index is 1.60. The van der Waals surface area contributed by atoms with Crippen LogP contribution >= 0.6 is 11.3 Å². The van der Waals surface area contributed by atoms with Crippen molar-refractivity contribution in [1.29, 1.82) is 0 Å². The van der Waals surface area contributed by atoms with Crippen LogP contribution in [-0.4, -0.2) is 46.9 Å². The zero-order chi connectivity index (χ0) is 27.3. The maximum absolute atomic E-state index is 14.1. The number of hydrogen-bond acceptors (Lipinski definition) is 5. The average Bonchev–Trinajstić information content (AvgIpc) is 3.55. The molecule has 3 saturated carbocycles. The van der Waals surface area contributed by atoms with Gasteiger partial charge in [-0.05, 0) is 96.5 Å². The molecule has 1 amide bonds. The largest absolute Gasteiger partial charge is 0.477 e. The van der Waals surface area contributed by atoms with Crippen molar-refractivity contribution in [2.45, 2.75) is 122 Å². The molecule has 38 heavy (non-hydrogen) atoms. The number of thiophene rings is 1. The summed E-state index contributed by atoms with van der Waals surface area (Å²) in [5.41, 5.74) is 0.129. The van der Waals surface area contributed by atoms with E-state index in [-0.39, 0.29) is 40.9 Å². The third kappa shape index (κ3) is 7.40. The van der Waals surface area contributed by atoms with Crippen molar-refractivity contribution in [2.24, 2.45) is 17.3 Å². The molecule has 2 N–H and O–H groups in total. The lowest BCUT2D eigenvalue weighted by Gasteiger charge is -2.40. The van der Waals surface area contributed by atoms with Gasteiger partial charge in [0.2, 0.25) is 5.91 Å². The van der Waals surface area contributed by atoms with Crippen molar-refractivity contribution in [3.63, 3.8) is 0 Å². The molecule has 1 heterocycles. The van der Waals surface area contributed by atoms with Crippen molar-refractivity contribution < 1.29 is 24.5 Å². The molecule has 7 heteroatoms. The smallest absolute Gasteiger partial charge is 0.348 e. The van der Waals surface area contributed by atoms with Crippen LogP contribution in [0.2, 0.25) is 0 Å². The molecule has 4 rings (SSSR count). The van der Waals surface area contributed by atoms with E-state index in [1.807, 2.05) is 24.8 Å². The fourth-order valence-electron chi connectivity index (χ4n) is 6.28. The van der Waals surface area contributed by atoms with E-state index in [2.05, 4.69) is 18.8 Å². The number of aliphatic hydroxyl groups is 1. The number of carbonyl (C=O) groups excluding carboxylic acids is 1. The molecular formula is C31H45NO5S. The molecule has 3 fully saturated rings. The molecule has 1 aromatic heterocycles. The topological polar surface area (TPSA) is 87.1 Å². The molecule has 0 spiro atoms. The lowest BCUT2D eigenvalue weighted by atomic mass is 9.81. The van der Waals surface area contributed by atoms with E-state index in [0.29, 0.717) is 29.0 Å². The number of amides is 1. The summed E-state index contributed by atoms with van der Waals surface area (Å²) < 4.78 is 6.39. The highest BCUT2D eigenvalue weighted by atomic mass is 32.1. The number of aliphatic hydroxyl groups excluding tert-OH is 1. The molecule has 0 aliphatic heterocycles. The number of nitrogens with zero attached hydrogens (tertiary/aromatic N) is 1. The highest BCUT2D eigenvalue weighted by Crippen LogP contribution is 2.39. The van der Waals surface area contributed by atoms with Crippen LogP contribution in [0, 0.1) is 29.1 Å². The van der Waals surface area contributed by atoms with E-state index in [0.717, 1.165) is 75.5 Å². The zero-order valence-electron chi connectivity index (χ0n) is 23.3. The van der Waals surface area contributed by atoms with Gasteiger partial charge in [0.1, 0.15) is 4.88 Å². The highest BCUT2D eigenvalue weighted by Gasteiger charge is 2.38. The summed E-state index contributed by atoms with van der Waals surface area (Å²) in [5, 5.41) is 19.5. The van der Waals surface area contributed by atoms with Gasteiger partial charge in [-0.25, -0.2) is 4.79 Å². The van der Waals surface area contributed by atoms with Gasteiger partial charge in [0.15, 0.2) is 0 Å². The van der Waals surface area contributed by atoms with Crippen molar-refractivity contribution in [3.8, 4) is 11.8 Å². The Hall–Kier alpha value is -1.88. The van der Waals surface area contributed by atoms with Gasteiger partial charge in [0.05, 0.1) is 22.8 Å². The van der Waals surface area contributed by atoms with Gasteiger partial charge in [-0.3, -0.25) is 4.79 Å². The Morgan fingerprint density at radius 2 is 1.66 bits per heavy atom. The summed E-state index contributed by atoms with van der Waals surface area (Å²) in [6, 6.07) is 1.80. The fourth-order valence-corrected chi connectivity index (χ4v) is 7.12. The van der Waals surface area contributed by atoms with Crippen molar-refractivity contribution >= 4 is 28.9 Å². The van der Waals surface area contributed by atoms with Crippen LogP contribution in [0.25, 0.3) is 0 Å². The van der Waals surface area contributed by atoms with Gasteiger partial charge in [-0.1, -0.05) is 31.6 Å². The molecule has 0 aromatic carbocycles. The minimum absolute atomic E-state index is 0.0235. The fraction of sp³-hybridized carbons (Fsp3) is 0.742. The SMILES string of the molecule is CC1CCC(C(=O)N(c2cc(C#CC(C)(C)CCO)sc2C(=O)O)C2CCC(OC3CCCC3)CC2)CC1. The predicted octanol–water partition coefficient (Wildman–Crippen LogP) is 6.64. The molecule has 1 aromatic rings. The number of carbonyl (C=O) groups is 2. The minimum Gasteiger partial charge on any atom is -0.477 e. The molecule has 0 atom stereocenters. The van der Waals surface area contributed by atoms with E-state index < -0.39 is 5.97 Å². The molecular weight excluding hydrogens is 498 g/mol. The van der Waals surface area contributed by atoms with Crippen molar-refractivity contribution in [1.82, 2.24) is 0 Å². The van der Waals surface area contributed by atoms with Crippen molar-refractivity contribution in [3.05, 3.63) is 15.8 Å². The Morgan fingerprint density at radius 1 is 1.03 bits per heavy atom. The third-order valence-corrected chi connectivity index (χ3v) is 9.75. The Morgan fingerprint density at radius 3 is 2.26 bits per heavy atom. The number of carboxylic acid groups (broad SMARTS) is 1. The monoisotopic (exact) mass is 543 g/mol. The predicted molar refractivity (Wildman–Crippen MR) is 152 cm³/mol. The maximum atomic E-state index is 14.1. The summed E-state index contributed by atoms with van der Waals surface area (Å²) in [4.78, 5) is 29.2. The van der Waals surface area contributed by atoms with Crippen LogP contribution in [0.1, 0.15) is 119 Å². The third-order valence-electron chi connectivity index (χ3n) is 8.73. The number of hydrogen-bond donors (Lipinski definition) is 2. The summed E-state index contributed by atoms with van der Waals surface area (Å²) in [5.74, 6) is 6.00. The van der Waals surface area contributed by atoms with Gasteiger partial charge in [0.25, 0.3) is 0 Å². The highest BCUT2D eigenvalue weighted by molar-refractivity contribution is 7.15. The Kier molecular flexibility index (Phi) is 9.95. The van der Waals surface area contributed by atoms with E-state index in [4.69, 9.17) is 4.74 Å². The standard InChI is InChI=1S/C31H45NO5S/c1-21-8-10-22(11-9-21)29(34)32(23-12-14-25(15-13-23)37-24-6-4-5-7-24)27-20-26(38-28(27)30(35)36)16-17-31(2,3)18-19-33/h20-25,33H,4-15,18-19H2,1-3H3,(H,35,36). The lowest BCUT2D eigenvalue weighted by molar-refractivity contribution is -0.124. The first kappa shape index (κ1) is 29.1. The number of ether oxygens (including phenoxy) is 1. The van der Waals surface area contributed by atoms with Gasteiger partial charge in [0, 0.05) is 24.0 Å². The van der Waals surface area contributed by atoms with Gasteiger partial charge in [-0.2, -0.15) is 0 Å². The molecule has 0 radical (unpaired) electrons. The Bertz CT molecular complexity index is 1010. The van der Waals surface area contributed by atoms with Gasteiger partial charge < -0.3 is 19.8 Å². The molecule has 0 saturated heterocycles. The van der Waals surface area contributed by atoms with E-state index in [1.165, 1.54) is 12.8 Å². The van der Waals surface area contributed by atoms with Gasteiger partial charge in [-0.15, -0.1) is 11.3 Å². The van der Waals surface area contributed by atoms with E-state index in [9.17, 15) is 19.8 Å². The van der Waals surface area contributed by atoms with Crippen LogP contribution in [0.3, 0.4) is 0 Å². The molecule has 3 aliphatic carbocycles.